The molecule has 12 heavy (non-hydrogen) atoms. The first-order valence-electron chi connectivity index (χ1n) is 4.14. The molecule has 1 amide bonds. The Hall–Kier alpha value is -1.17. The quantitative estimate of drug-likeness (QED) is 0.648. The van der Waals surface area contributed by atoms with Crippen LogP contribution in [-0.2, 0) is 4.74 Å². The minimum Gasteiger partial charge on any atom is -0.450 e. The predicted molar refractivity (Wildman–Crippen MR) is 47.7 cm³/mol. The van der Waals surface area contributed by atoms with Gasteiger partial charge in [-0.1, -0.05) is 19.3 Å². The number of ether oxygens (including phenoxy) is 1. The number of nitrogens with one attached hydrogen (secondary N) is 1. The Bertz CT molecular complexity index is 172. The van der Waals surface area contributed by atoms with E-state index >= 15 is 0 Å². The molecule has 0 saturated heterocycles. The molecule has 3 heteroatoms. The normalized spacial score (nSPS) is 11.4. The third kappa shape index (κ3) is 4.62. The molecule has 0 aliphatic carbocycles. The average Bonchev–Trinajstić information content (AvgIpc) is 2.04. The minimum absolute atomic E-state index is 0.200. The van der Waals surface area contributed by atoms with Gasteiger partial charge in [0.25, 0.3) is 0 Å². The molecule has 0 saturated carbocycles. The first-order valence-corrected chi connectivity index (χ1v) is 4.14. The van der Waals surface area contributed by atoms with Crippen LogP contribution in [0.5, 0.6) is 0 Å². The van der Waals surface area contributed by atoms with Gasteiger partial charge in [-0.3, -0.25) is 0 Å². The topological polar surface area (TPSA) is 38.3 Å². The summed E-state index contributed by atoms with van der Waals surface area (Å²) in [5.74, 6) is 2.48. The number of amides is 1. The van der Waals surface area contributed by atoms with Gasteiger partial charge in [0.1, 0.15) is 0 Å². The maximum Gasteiger partial charge on any atom is 0.408 e. The third-order valence-electron chi connectivity index (χ3n) is 1.35. The molecule has 0 aromatic heterocycles. The van der Waals surface area contributed by atoms with Crippen LogP contribution in [0, 0.1) is 12.3 Å². The predicted octanol–water partition coefficient (Wildman–Crippen LogP) is 1.53. The highest BCUT2D eigenvalue weighted by atomic mass is 16.5. The van der Waals surface area contributed by atoms with Gasteiger partial charge in [0, 0.05) is 0 Å². The summed E-state index contributed by atoms with van der Waals surface area (Å²) < 4.78 is 4.67. The molecule has 0 spiro atoms. The second-order valence-electron chi connectivity index (χ2n) is 2.37. The van der Waals surface area contributed by atoms with Crippen molar-refractivity contribution < 1.29 is 9.53 Å². The molecule has 1 N–H and O–H groups in total. The van der Waals surface area contributed by atoms with Crippen LogP contribution >= 0.6 is 0 Å². The van der Waals surface area contributed by atoms with Crippen LogP contribution in [0.3, 0.4) is 0 Å². The lowest BCUT2D eigenvalue weighted by Gasteiger charge is -2.10. The largest absolute Gasteiger partial charge is 0.450 e. The Morgan fingerprint density at radius 2 is 2.33 bits per heavy atom. The molecule has 0 rings (SSSR count). The first-order chi connectivity index (χ1) is 5.74. The number of hydrogen-bond acceptors (Lipinski definition) is 2. The molecule has 1 unspecified atom stereocenters. The van der Waals surface area contributed by atoms with Gasteiger partial charge in [-0.15, -0.1) is 6.42 Å². The van der Waals surface area contributed by atoms with E-state index in [0.29, 0.717) is 6.61 Å². The zero-order valence-corrected chi connectivity index (χ0v) is 7.59. The van der Waals surface area contributed by atoms with E-state index in [2.05, 4.69) is 16.0 Å². The monoisotopic (exact) mass is 169 g/mol. The van der Waals surface area contributed by atoms with Crippen molar-refractivity contribution in [2.45, 2.75) is 32.7 Å². The molecule has 0 heterocycles. The molecule has 0 bridgehead atoms. The molecule has 0 aromatic rings. The van der Waals surface area contributed by atoms with E-state index in [0.717, 1.165) is 12.8 Å². The molecular weight excluding hydrogens is 154 g/mol. The highest BCUT2D eigenvalue weighted by molar-refractivity contribution is 5.68. The summed E-state index contributed by atoms with van der Waals surface area (Å²) in [6.45, 7) is 4.14. The van der Waals surface area contributed by atoms with Gasteiger partial charge in [-0.25, -0.2) is 4.79 Å². The van der Waals surface area contributed by atoms with Crippen molar-refractivity contribution in [1.29, 1.82) is 0 Å². The van der Waals surface area contributed by atoms with Crippen LogP contribution in [0.2, 0.25) is 0 Å². The van der Waals surface area contributed by atoms with Crippen molar-refractivity contribution in [3.05, 3.63) is 0 Å². The lowest BCUT2D eigenvalue weighted by Crippen LogP contribution is -2.34. The van der Waals surface area contributed by atoms with Gasteiger partial charge in [-0.2, -0.15) is 0 Å². The summed E-state index contributed by atoms with van der Waals surface area (Å²) in [5, 5.41) is 2.57. The number of alkyl carbamates (subject to hydrolysis) is 1. The molecular formula is C9H15NO2. The van der Waals surface area contributed by atoms with E-state index in [1.54, 1.807) is 6.92 Å². The molecule has 3 nitrogen and oxygen atoms in total. The van der Waals surface area contributed by atoms with Crippen molar-refractivity contribution in [2.75, 3.05) is 6.61 Å². The van der Waals surface area contributed by atoms with Crippen LogP contribution in [0.15, 0.2) is 0 Å². The summed E-state index contributed by atoms with van der Waals surface area (Å²) in [5.41, 5.74) is 0. The Labute approximate surface area is 73.5 Å². The third-order valence-corrected chi connectivity index (χ3v) is 1.35. The minimum atomic E-state index is -0.436. The maximum atomic E-state index is 10.9. The van der Waals surface area contributed by atoms with Crippen molar-refractivity contribution in [3.8, 4) is 12.3 Å². The zero-order valence-electron chi connectivity index (χ0n) is 7.59. The average molecular weight is 169 g/mol. The van der Waals surface area contributed by atoms with Crippen LogP contribution in [-0.4, -0.2) is 18.7 Å². The fourth-order valence-electron chi connectivity index (χ4n) is 0.801. The van der Waals surface area contributed by atoms with E-state index in [-0.39, 0.29) is 6.04 Å². The van der Waals surface area contributed by atoms with Crippen LogP contribution in [0.4, 0.5) is 4.79 Å². The number of carbonyl (C=O) groups excluding carboxylic acids is 1. The van der Waals surface area contributed by atoms with E-state index in [1.807, 2.05) is 6.92 Å². The summed E-state index contributed by atoms with van der Waals surface area (Å²) in [4.78, 5) is 10.9. The van der Waals surface area contributed by atoms with Gasteiger partial charge in [0.15, 0.2) is 0 Å². The first kappa shape index (κ1) is 10.8. The Morgan fingerprint density at radius 3 is 2.75 bits per heavy atom. The maximum absolute atomic E-state index is 10.9. The number of rotatable bonds is 4. The number of carbonyl (C=O) groups is 1. The van der Waals surface area contributed by atoms with Crippen LogP contribution < -0.4 is 5.32 Å². The molecule has 0 aliphatic heterocycles. The highest BCUT2D eigenvalue weighted by Crippen LogP contribution is 1.94. The van der Waals surface area contributed by atoms with E-state index < -0.39 is 6.09 Å². The van der Waals surface area contributed by atoms with Crippen molar-refractivity contribution in [2.24, 2.45) is 0 Å². The standard InChI is InChI=1S/C9H15NO2/c1-4-7-8(5-2)10-9(11)12-6-3/h2,8H,4,6-7H2,1,3H3,(H,10,11). The summed E-state index contributed by atoms with van der Waals surface area (Å²) >= 11 is 0. The smallest absolute Gasteiger partial charge is 0.408 e. The second kappa shape index (κ2) is 6.53. The fraction of sp³-hybridized carbons (Fsp3) is 0.667. The van der Waals surface area contributed by atoms with Gasteiger partial charge < -0.3 is 10.1 Å². The fourth-order valence-corrected chi connectivity index (χ4v) is 0.801. The lowest BCUT2D eigenvalue weighted by molar-refractivity contribution is 0.150. The Kier molecular flexibility index (Phi) is 5.90. The molecule has 1 atom stereocenters. The van der Waals surface area contributed by atoms with Crippen molar-refractivity contribution >= 4 is 6.09 Å². The van der Waals surface area contributed by atoms with Gasteiger partial charge >= 0.3 is 6.09 Å². The summed E-state index contributed by atoms with van der Waals surface area (Å²) in [6, 6.07) is -0.200. The molecule has 0 aliphatic rings. The Balaban J connectivity index is 3.71. The summed E-state index contributed by atoms with van der Waals surface area (Å²) in [7, 11) is 0. The lowest BCUT2D eigenvalue weighted by atomic mass is 10.2. The van der Waals surface area contributed by atoms with Gasteiger partial charge in [0.2, 0.25) is 0 Å². The van der Waals surface area contributed by atoms with Crippen LogP contribution in [0.25, 0.3) is 0 Å². The van der Waals surface area contributed by atoms with E-state index in [4.69, 9.17) is 6.42 Å². The molecule has 0 radical (unpaired) electrons. The van der Waals surface area contributed by atoms with E-state index in [1.165, 1.54) is 0 Å². The van der Waals surface area contributed by atoms with Gasteiger partial charge in [-0.05, 0) is 13.3 Å². The number of terminal acetylenes is 1. The van der Waals surface area contributed by atoms with Crippen molar-refractivity contribution in [3.63, 3.8) is 0 Å². The molecule has 68 valence electrons. The molecule has 0 aromatic carbocycles. The Morgan fingerprint density at radius 1 is 1.67 bits per heavy atom. The highest BCUT2D eigenvalue weighted by Gasteiger charge is 2.07. The van der Waals surface area contributed by atoms with Crippen LogP contribution in [0.1, 0.15) is 26.7 Å². The molecule has 0 fully saturated rings. The SMILES string of the molecule is C#CC(CCC)NC(=O)OCC. The zero-order chi connectivity index (χ0) is 9.40. The van der Waals surface area contributed by atoms with Crippen molar-refractivity contribution in [1.82, 2.24) is 5.32 Å². The second-order valence-corrected chi connectivity index (χ2v) is 2.37. The van der Waals surface area contributed by atoms with Gasteiger partial charge in [0.05, 0.1) is 12.6 Å². The summed E-state index contributed by atoms with van der Waals surface area (Å²) in [6.07, 6.45) is 6.48. The van der Waals surface area contributed by atoms with E-state index in [9.17, 15) is 4.79 Å². The number of hydrogen-bond donors (Lipinski definition) is 1.